The van der Waals surface area contributed by atoms with E-state index >= 15 is 0 Å². The predicted octanol–water partition coefficient (Wildman–Crippen LogP) is 2.69. The molecule has 1 heterocycles. The Bertz CT molecular complexity index is 222. The van der Waals surface area contributed by atoms with Gasteiger partial charge in [-0.1, -0.05) is 20.8 Å². The lowest BCUT2D eigenvalue weighted by molar-refractivity contribution is -0.0911. The Hall–Kier alpha value is 0.270. The van der Waals surface area contributed by atoms with Gasteiger partial charge in [0.15, 0.2) is 0 Å². The van der Waals surface area contributed by atoms with Gasteiger partial charge in [0.1, 0.15) is 0 Å². The molecule has 1 atom stereocenters. The first-order chi connectivity index (χ1) is 7.24. The molecule has 0 radical (unpaired) electrons. The van der Waals surface area contributed by atoms with Gasteiger partial charge >= 0.3 is 0 Å². The largest absolute Gasteiger partial charge is 0.373 e. The Labute approximate surface area is 106 Å². The lowest BCUT2D eigenvalue weighted by Crippen LogP contribution is -2.50. The van der Waals surface area contributed by atoms with Gasteiger partial charge in [-0.3, -0.25) is 4.90 Å². The van der Waals surface area contributed by atoms with E-state index in [1.54, 1.807) is 0 Å². The van der Waals surface area contributed by atoms with E-state index in [1.807, 2.05) is 0 Å². The van der Waals surface area contributed by atoms with Crippen LogP contribution in [0.5, 0.6) is 0 Å². The molecular formula is C13H27NOS. The van der Waals surface area contributed by atoms with E-state index in [0.29, 0.717) is 11.3 Å². The van der Waals surface area contributed by atoms with Gasteiger partial charge in [-0.15, -0.1) is 0 Å². The SMILES string of the molecule is CC1(C)CN(CC(CS)C(C)(C)C)CCO1. The fourth-order valence-corrected chi connectivity index (χ4v) is 2.85. The van der Waals surface area contributed by atoms with E-state index in [2.05, 4.69) is 52.1 Å². The number of morpholine rings is 1. The van der Waals surface area contributed by atoms with Crippen LogP contribution in [0.2, 0.25) is 0 Å². The first-order valence-corrected chi connectivity index (χ1v) is 6.85. The van der Waals surface area contributed by atoms with Crippen molar-refractivity contribution in [3.63, 3.8) is 0 Å². The molecule has 2 nitrogen and oxygen atoms in total. The number of hydrogen-bond acceptors (Lipinski definition) is 3. The van der Waals surface area contributed by atoms with E-state index in [9.17, 15) is 0 Å². The summed E-state index contributed by atoms with van der Waals surface area (Å²) in [5.41, 5.74) is 0.349. The van der Waals surface area contributed by atoms with Crippen LogP contribution in [0.4, 0.5) is 0 Å². The maximum atomic E-state index is 5.74. The molecule has 96 valence electrons. The van der Waals surface area contributed by atoms with Crippen molar-refractivity contribution in [3.8, 4) is 0 Å². The van der Waals surface area contributed by atoms with Gasteiger partial charge < -0.3 is 4.74 Å². The van der Waals surface area contributed by atoms with Crippen molar-refractivity contribution in [2.75, 3.05) is 32.0 Å². The molecule has 0 aromatic carbocycles. The molecule has 1 aliphatic rings. The Balaban J connectivity index is 2.52. The van der Waals surface area contributed by atoms with Crippen LogP contribution in [0.15, 0.2) is 0 Å². The highest BCUT2D eigenvalue weighted by Crippen LogP contribution is 2.29. The maximum Gasteiger partial charge on any atom is 0.0753 e. The monoisotopic (exact) mass is 245 g/mol. The normalized spacial score (nSPS) is 24.4. The zero-order chi connectivity index (χ0) is 12.4. The van der Waals surface area contributed by atoms with Crippen molar-refractivity contribution in [1.29, 1.82) is 0 Å². The van der Waals surface area contributed by atoms with Gasteiger partial charge in [-0.05, 0) is 30.9 Å². The molecule has 0 aliphatic carbocycles. The Morgan fingerprint density at radius 2 is 2.00 bits per heavy atom. The van der Waals surface area contributed by atoms with Crippen LogP contribution in [0, 0.1) is 11.3 Å². The minimum Gasteiger partial charge on any atom is -0.373 e. The molecule has 0 aromatic heterocycles. The van der Waals surface area contributed by atoms with Gasteiger partial charge in [0.05, 0.1) is 12.2 Å². The van der Waals surface area contributed by atoms with E-state index in [0.717, 1.165) is 32.0 Å². The zero-order valence-electron chi connectivity index (χ0n) is 11.4. The van der Waals surface area contributed by atoms with E-state index < -0.39 is 0 Å². The van der Waals surface area contributed by atoms with Crippen molar-refractivity contribution in [2.45, 2.75) is 40.2 Å². The lowest BCUT2D eigenvalue weighted by Gasteiger charge is -2.41. The molecular weight excluding hydrogens is 218 g/mol. The average molecular weight is 245 g/mol. The minimum absolute atomic E-state index is 0.0112. The first-order valence-electron chi connectivity index (χ1n) is 6.22. The second-order valence-corrected chi connectivity index (χ2v) is 6.95. The fourth-order valence-electron chi connectivity index (χ4n) is 2.19. The standard InChI is InChI=1S/C13H27NOS/c1-12(2,3)11(9-16)8-14-6-7-15-13(4,5)10-14/h11,16H,6-10H2,1-5H3. The van der Waals surface area contributed by atoms with Crippen LogP contribution in [0.25, 0.3) is 0 Å². The first kappa shape index (κ1) is 14.3. The van der Waals surface area contributed by atoms with Crippen LogP contribution in [0.3, 0.4) is 0 Å². The van der Waals surface area contributed by atoms with Crippen LogP contribution in [0.1, 0.15) is 34.6 Å². The number of rotatable bonds is 3. The molecule has 0 bridgehead atoms. The van der Waals surface area contributed by atoms with E-state index in [4.69, 9.17) is 4.74 Å². The van der Waals surface area contributed by atoms with E-state index in [1.165, 1.54) is 0 Å². The molecule has 16 heavy (non-hydrogen) atoms. The van der Waals surface area contributed by atoms with Gasteiger partial charge in [-0.2, -0.15) is 12.6 Å². The Morgan fingerprint density at radius 3 is 2.44 bits per heavy atom. The third kappa shape index (κ3) is 4.27. The quantitative estimate of drug-likeness (QED) is 0.768. The number of thiol groups is 1. The summed E-state index contributed by atoms with van der Waals surface area (Å²) in [7, 11) is 0. The summed E-state index contributed by atoms with van der Waals surface area (Å²) in [6.45, 7) is 15.4. The van der Waals surface area contributed by atoms with E-state index in [-0.39, 0.29) is 5.60 Å². The maximum absolute atomic E-state index is 5.74. The molecule has 1 saturated heterocycles. The average Bonchev–Trinajstić information content (AvgIpc) is 2.10. The summed E-state index contributed by atoms with van der Waals surface area (Å²) in [6.07, 6.45) is 0. The highest BCUT2D eigenvalue weighted by molar-refractivity contribution is 7.80. The number of ether oxygens (including phenoxy) is 1. The summed E-state index contributed by atoms with van der Waals surface area (Å²) in [4.78, 5) is 2.52. The molecule has 0 N–H and O–H groups in total. The number of hydrogen-bond donors (Lipinski definition) is 1. The molecule has 0 saturated carbocycles. The zero-order valence-corrected chi connectivity index (χ0v) is 12.3. The van der Waals surface area contributed by atoms with Crippen LogP contribution in [-0.2, 0) is 4.74 Å². The highest BCUT2D eigenvalue weighted by atomic mass is 32.1. The van der Waals surface area contributed by atoms with Gasteiger partial charge in [0.2, 0.25) is 0 Å². The Morgan fingerprint density at radius 1 is 1.38 bits per heavy atom. The van der Waals surface area contributed by atoms with Crippen molar-refractivity contribution in [1.82, 2.24) is 4.90 Å². The summed E-state index contributed by atoms with van der Waals surface area (Å²) in [6, 6.07) is 0. The lowest BCUT2D eigenvalue weighted by atomic mass is 9.81. The molecule has 0 aromatic rings. The second-order valence-electron chi connectivity index (χ2n) is 6.59. The molecule has 1 aliphatic heterocycles. The molecule has 0 amide bonds. The summed E-state index contributed by atoms with van der Waals surface area (Å²) in [5, 5.41) is 0. The topological polar surface area (TPSA) is 12.5 Å². The summed E-state index contributed by atoms with van der Waals surface area (Å²) in [5.74, 6) is 1.60. The third-order valence-corrected chi connectivity index (χ3v) is 3.87. The van der Waals surface area contributed by atoms with Crippen molar-refractivity contribution >= 4 is 12.6 Å². The molecule has 1 unspecified atom stereocenters. The molecule has 1 fully saturated rings. The van der Waals surface area contributed by atoms with Crippen molar-refractivity contribution < 1.29 is 4.74 Å². The predicted molar refractivity (Wildman–Crippen MR) is 73.3 cm³/mol. The Kier molecular flexibility index (Phi) is 4.73. The van der Waals surface area contributed by atoms with Crippen LogP contribution < -0.4 is 0 Å². The molecule has 3 heteroatoms. The van der Waals surface area contributed by atoms with Gasteiger partial charge in [0.25, 0.3) is 0 Å². The van der Waals surface area contributed by atoms with Crippen LogP contribution >= 0.6 is 12.6 Å². The smallest absolute Gasteiger partial charge is 0.0753 e. The molecule has 1 rings (SSSR count). The van der Waals surface area contributed by atoms with Crippen LogP contribution in [-0.4, -0.2) is 42.5 Å². The second kappa shape index (κ2) is 5.28. The van der Waals surface area contributed by atoms with Crippen molar-refractivity contribution in [2.24, 2.45) is 11.3 Å². The minimum atomic E-state index is 0.0112. The summed E-state index contributed by atoms with van der Waals surface area (Å²) < 4.78 is 5.74. The molecule has 0 spiro atoms. The van der Waals surface area contributed by atoms with Gasteiger partial charge in [0, 0.05) is 19.6 Å². The highest BCUT2D eigenvalue weighted by Gasteiger charge is 2.31. The van der Waals surface area contributed by atoms with Gasteiger partial charge in [-0.25, -0.2) is 0 Å². The van der Waals surface area contributed by atoms with Crippen molar-refractivity contribution in [3.05, 3.63) is 0 Å². The fraction of sp³-hybridized carbons (Fsp3) is 1.00. The summed E-state index contributed by atoms with van der Waals surface area (Å²) >= 11 is 4.49. The third-order valence-electron chi connectivity index (χ3n) is 3.43. The number of nitrogens with zero attached hydrogens (tertiary/aromatic N) is 1.